The monoisotopic (exact) mass is 439 g/mol. The summed E-state index contributed by atoms with van der Waals surface area (Å²) in [5.74, 6) is -0.268. The number of anilines is 2. The van der Waals surface area contributed by atoms with Gasteiger partial charge in [-0.25, -0.2) is 13.6 Å². The van der Waals surface area contributed by atoms with Crippen molar-refractivity contribution in [3.05, 3.63) is 66.6 Å². The maximum absolute atomic E-state index is 13.1. The Labute approximate surface area is 179 Å². The van der Waals surface area contributed by atoms with Gasteiger partial charge in [-0.3, -0.25) is 9.59 Å². The topological polar surface area (TPSA) is 114 Å². The van der Waals surface area contributed by atoms with Crippen LogP contribution in [0.3, 0.4) is 0 Å². The molecule has 160 valence electrons. The van der Waals surface area contributed by atoms with Gasteiger partial charge in [0.25, 0.3) is 5.91 Å². The summed E-state index contributed by atoms with van der Waals surface area (Å²) in [5.41, 5.74) is 2.43. The first kappa shape index (κ1) is 20.8. The van der Waals surface area contributed by atoms with Crippen LogP contribution in [0, 0.1) is 0 Å². The van der Waals surface area contributed by atoms with Gasteiger partial charge >= 0.3 is 0 Å². The molecule has 4 rings (SSSR count). The van der Waals surface area contributed by atoms with Crippen molar-refractivity contribution in [3.63, 3.8) is 0 Å². The summed E-state index contributed by atoms with van der Waals surface area (Å²) in [6, 6.07) is 14.5. The third-order valence-corrected chi connectivity index (χ3v) is 6.14. The van der Waals surface area contributed by atoms with Gasteiger partial charge in [0.15, 0.2) is 5.76 Å². The van der Waals surface area contributed by atoms with E-state index in [1.165, 1.54) is 25.3 Å². The second-order valence-electron chi connectivity index (χ2n) is 7.41. The van der Waals surface area contributed by atoms with Gasteiger partial charge in [0.05, 0.1) is 28.6 Å². The van der Waals surface area contributed by atoms with E-state index < -0.39 is 10.0 Å². The molecule has 0 saturated heterocycles. The molecule has 9 heteroatoms. The van der Waals surface area contributed by atoms with Crippen molar-refractivity contribution in [3.8, 4) is 11.1 Å². The van der Waals surface area contributed by atoms with E-state index >= 15 is 0 Å². The van der Waals surface area contributed by atoms with Crippen molar-refractivity contribution in [2.24, 2.45) is 5.14 Å². The van der Waals surface area contributed by atoms with Gasteiger partial charge in [-0.05, 0) is 54.4 Å². The number of benzene rings is 2. The number of carbonyl (C=O) groups excluding carboxylic acids is 2. The van der Waals surface area contributed by atoms with Crippen LogP contribution in [0.2, 0.25) is 0 Å². The quantitative estimate of drug-likeness (QED) is 0.674. The first-order chi connectivity index (χ1) is 14.7. The number of amides is 2. The fraction of sp³-hybridized carbons (Fsp3) is 0.182. The molecule has 3 aromatic rings. The molecule has 0 spiro atoms. The Morgan fingerprint density at radius 1 is 1.03 bits per heavy atom. The van der Waals surface area contributed by atoms with Crippen molar-refractivity contribution in [1.82, 2.24) is 0 Å². The number of furan rings is 1. The Hall–Kier alpha value is -3.43. The third-order valence-electron chi connectivity index (χ3n) is 5.23. The number of sulfonamides is 1. The molecule has 0 bridgehead atoms. The normalized spacial score (nSPS) is 16.2. The van der Waals surface area contributed by atoms with E-state index in [1.807, 2.05) is 6.92 Å². The molecular formula is C22H21N3O5S. The Morgan fingerprint density at radius 3 is 2.42 bits per heavy atom. The molecular weight excluding hydrogens is 418 g/mol. The maximum Gasteiger partial charge on any atom is 0.294 e. The molecule has 0 aliphatic carbocycles. The molecule has 1 aliphatic rings. The van der Waals surface area contributed by atoms with Crippen LogP contribution in [-0.4, -0.2) is 32.8 Å². The lowest BCUT2D eigenvalue weighted by atomic mass is 10.0. The number of nitrogens with two attached hydrogens (primary N) is 1. The fourth-order valence-electron chi connectivity index (χ4n) is 3.86. The van der Waals surface area contributed by atoms with Gasteiger partial charge in [-0.1, -0.05) is 18.2 Å². The Bertz CT molecular complexity index is 1270. The standard InChI is InChI=1S/C22H21N3O5S/c1-14-13-24(22(27)21-7-4-10-30-21)20-12-17(8-9-19(20)25(14)15(2)26)16-5-3-6-18(11-16)31(23,28)29/h3-12,14H,13H2,1-2H3,(H2,23,28,29)/t14-/m0/s1. The van der Waals surface area contributed by atoms with E-state index in [0.29, 0.717) is 22.5 Å². The Morgan fingerprint density at radius 2 is 1.77 bits per heavy atom. The highest BCUT2D eigenvalue weighted by Crippen LogP contribution is 2.39. The van der Waals surface area contributed by atoms with E-state index in [4.69, 9.17) is 9.56 Å². The highest BCUT2D eigenvalue weighted by Gasteiger charge is 2.35. The van der Waals surface area contributed by atoms with Crippen LogP contribution in [0.25, 0.3) is 11.1 Å². The number of carbonyl (C=O) groups is 2. The average Bonchev–Trinajstić information content (AvgIpc) is 3.26. The molecule has 0 unspecified atom stereocenters. The zero-order valence-corrected chi connectivity index (χ0v) is 17.8. The predicted molar refractivity (Wildman–Crippen MR) is 116 cm³/mol. The average molecular weight is 439 g/mol. The van der Waals surface area contributed by atoms with Crippen molar-refractivity contribution in [1.29, 1.82) is 0 Å². The first-order valence-electron chi connectivity index (χ1n) is 9.59. The summed E-state index contributed by atoms with van der Waals surface area (Å²) in [6.45, 7) is 3.64. The minimum atomic E-state index is -3.86. The lowest BCUT2D eigenvalue weighted by Crippen LogP contribution is -2.51. The number of nitrogens with zero attached hydrogens (tertiary/aromatic N) is 2. The number of rotatable bonds is 3. The third kappa shape index (κ3) is 3.85. The van der Waals surface area contributed by atoms with Crippen LogP contribution < -0.4 is 14.9 Å². The Balaban J connectivity index is 1.86. The largest absolute Gasteiger partial charge is 0.459 e. The molecule has 2 N–H and O–H groups in total. The maximum atomic E-state index is 13.1. The predicted octanol–water partition coefficient (Wildman–Crippen LogP) is 3.00. The molecule has 1 aliphatic heterocycles. The summed E-state index contributed by atoms with van der Waals surface area (Å²) >= 11 is 0. The highest BCUT2D eigenvalue weighted by molar-refractivity contribution is 7.89. The van der Waals surface area contributed by atoms with E-state index in [1.54, 1.807) is 52.3 Å². The summed E-state index contributed by atoms with van der Waals surface area (Å²) in [4.78, 5) is 28.6. The first-order valence-corrected chi connectivity index (χ1v) is 11.1. The zero-order valence-electron chi connectivity index (χ0n) is 17.0. The van der Waals surface area contributed by atoms with Crippen LogP contribution in [-0.2, 0) is 14.8 Å². The molecule has 2 amide bonds. The van der Waals surface area contributed by atoms with Gasteiger partial charge in [-0.15, -0.1) is 0 Å². The number of fused-ring (bicyclic) bond motifs is 1. The van der Waals surface area contributed by atoms with Crippen molar-refractivity contribution >= 4 is 33.2 Å². The smallest absolute Gasteiger partial charge is 0.294 e. The molecule has 1 aromatic heterocycles. The van der Waals surface area contributed by atoms with Crippen LogP contribution in [0.15, 0.2) is 70.2 Å². The fourth-order valence-corrected chi connectivity index (χ4v) is 4.42. The molecule has 2 heterocycles. The molecule has 2 aromatic carbocycles. The van der Waals surface area contributed by atoms with Gasteiger partial charge in [-0.2, -0.15) is 0 Å². The van der Waals surface area contributed by atoms with Crippen molar-refractivity contribution < 1.29 is 22.4 Å². The van der Waals surface area contributed by atoms with Crippen LogP contribution in [0.1, 0.15) is 24.4 Å². The molecule has 8 nitrogen and oxygen atoms in total. The SMILES string of the molecule is CC(=O)N1c2ccc(-c3cccc(S(N)(=O)=O)c3)cc2N(C(=O)c2ccco2)C[C@@H]1C. The van der Waals surface area contributed by atoms with Crippen LogP contribution >= 0.6 is 0 Å². The minimum Gasteiger partial charge on any atom is -0.459 e. The second kappa shape index (κ2) is 7.68. The lowest BCUT2D eigenvalue weighted by molar-refractivity contribution is -0.117. The molecule has 31 heavy (non-hydrogen) atoms. The number of hydrogen-bond acceptors (Lipinski definition) is 5. The lowest BCUT2D eigenvalue weighted by Gasteiger charge is -2.40. The van der Waals surface area contributed by atoms with E-state index in [9.17, 15) is 18.0 Å². The van der Waals surface area contributed by atoms with E-state index in [-0.39, 0.29) is 35.1 Å². The highest BCUT2D eigenvalue weighted by atomic mass is 32.2. The van der Waals surface area contributed by atoms with Gasteiger partial charge in [0.1, 0.15) is 0 Å². The summed E-state index contributed by atoms with van der Waals surface area (Å²) in [7, 11) is -3.86. The minimum absolute atomic E-state index is 0.00905. The van der Waals surface area contributed by atoms with Gasteiger partial charge in [0.2, 0.25) is 15.9 Å². The van der Waals surface area contributed by atoms with Crippen LogP contribution in [0.4, 0.5) is 11.4 Å². The molecule has 0 fully saturated rings. The Kier molecular flexibility index (Phi) is 5.16. The summed E-state index contributed by atoms with van der Waals surface area (Å²) < 4.78 is 28.8. The number of primary sulfonamides is 1. The molecule has 1 atom stereocenters. The van der Waals surface area contributed by atoms with Gasteiger partial charge in [0, 0.05) is 13.5 Å². The molecule has 0 saturated carbocycles. The summed E-state index contributed by atoms with van der Waals surface area (Å²) in [6.07, 6.45) is 1.43. The number of hydrogen-bond donors (Lipinski definition) is 1. The van der Waals surface area contributed by atoms with Crippen molar-refractivity contribution in [2.75, 3.05) is 16.3 Å². The van der Waals surface area contributed by atoms with Crippen LogP contribution in [0.5, 0.6) is 0 Å². The van der Waals surface area contributed by atoms with E-state index in [2.05, 4.69) is 0 Å². The van der Waals surface area contributed by atoms with Gasteiger partial charge < -0.3 is 14.2 Å². The van der Waals surface area contributed by atoms with Crippen molar-refractivity contribution in [2.45, 2.75) is 24.8 Å². The molecule has 0 radical (unpaired) electrons. The zero-order chi connectivity index (χ0) is 22.3. The summed E-state index contributed by atoms with van der Waals surface area (Å²) in [5, 5.41) is 5.26. The van der Waals surface area contributed by atoms with E-state index in [0.717, 1.165) is 0 Å². The second-order valence-corrected chi connectivity index (χ2v) is 8.97.